The van der Waals surface area contributed by atoms with Crippen LogP contribution in [0.4, 0.5) is 0 Å². The van der Waals surface area contributed by atoms with Gasteiger partial charge in [-0.3, -0.25) is 0 Å². The minimum absolute atomic E-state index is 0.336. The van der Waals surface area contributed by atoms with Crippen molar-refractivity contribution in [2.45, 2.75) is 29.4 Å². The van der Waals surface area contributed by atoms with Crippen molar-refractivity contribution in [1.82, 2.24) is 0 Å². The van der Waals surface area contributed by atoms with Gasteiger partial charge >= 0.3 is 0 Å². The second-order valence-electron chi connectivity index (χ2n) is 5.26. The first kappa shape index (κ1) is 13.1. The Morgan fingerprint density at radius 1 is 1.05 bits per heavy atom. The fraction of sp³-hybridized carbons (Fsp3) is 0.312. The molecule has 2 unspecified atom stereocenters. The Morgan fingerprint density at radius 3 is 2.55 bits per heavy atom. The third-order valence-corrected chi connectivity index (χ3v) is 6.34. The number of rotatable bonds is 2. The molecule has 2 atom stereocenters. The summed E-state index contributed by atoms with van der Waals surface area (Å²) < 4.78 is 25.4. The maximum Gasteiger partial charge on any atom is 0.182 e. The Kier molecular flexibility index (Phi) is 3.23. The smallest absolute Gasteiger partial charge is 0.182 e. The lowest BCUT2D eigenvalue weighted by Gasteiger charge is -2.15. The average Bonchev–Trinajstić information content (AvgIpc) is 2.96. The van der Waals surface area contributed by atoms with E-state index in [1.807, 2.05) is 30.3 Å². The Bertz CT molecular complexity index is 789. The Morgan fingerprint density at radius 2 is 1.80 bits per heavy atom. The monoisotopic (exact) mass is 285 g/mol. The molecule has 0 aliphatic heterocycles. The van der Waals surface area contributed by atoms with Crippen LogP contribution in [0.3, 0.4) is 0 Å². The second-order valence-corrected chi connectivity index (χ2v) is 7.43. The Balaban J connectivity index is 2.07. The van der Waals surface area contributed by atoms with Crippen LogP contribution in [-0.4, -0.2) is 13.7 Å². The number of sulfone groups is 1. The Hall–Kier alpha value is -1.86. The van der Waals surface area contributed by atoms with Crippen molar-refractivity contribution in [2.24, 2.45) is 5.92 Å². The zero-order valence-corrected chi connectivity index (χ0v) is 11.8. The molecule has 0 heterocycles. The molecule has 4 heteroatoms. The van der Waals surface area contributed by atoms with E-state index in [-0.39, 0.29) is 5.92 Å². The van der Waals surface area contributed by atoms with E-state index in [1.165, 1.54) is 0 Å². The van der Waals surface area contributed by atoms with E-state index in [0.717, 1.165) is 17.2 Å². The molecular formula is C16H15NO2S. The van der Waals surface area contributed by atoms with Crippen LogP contribution in [0.15, 0.2) is 47.4 Å². The van der Waals surface area contributed by atoms with Gasteiger partial charge in [-0.1, -0.05) is 36.8 Å². The summed E-state index contributed by atoms with van der Waals surface area (Å²) in [5, 5.41) is 10.5. The summed E-state index contributed by atoms with van der Waals surface area (Å²) in [5.41, 5.74) is 0. The van der Waals surface area contributed by atoms with Crippen molar-refractivity contribution in [1.29, 1.82) is 5.26 Å². The van der Waals surface area contributed by atoms with Crippen molar-refractivity contribution in [3.8, 4) is 6.07 Å². The number of benzene rings is 2. The molecule has 3 rings (SSSR count). The van der Waals surface area contributed by atoms with Gasteiger partial charge < -0.3 is 0 Å². The van der Waals surface area contributed by atoms with Gasteiger partial charge in [0, 0.05) is 0 Å². The SMILES string of the molecule is N#CC1CCCC1S(=O)(=O)c1ccc2ccccc2c1. The molecule has 0 amide bonds. The molecule has 2 aromatic rings. The first-order valence-corrected chi connectivity index (χ1v) is 8.30. The number of hydrogen-bond donors (Lipinski definition) is 0. The number of fused-ring (bicyclic) bond motifs is 1. The van der Waals surface area contributed by atoms with Crippen molar-refractivity contribution >= 4 is 20.6 Å². The summed E-state index contributed by atoms with van der Waals surface area (Å²) >= 11 is 0. The summed E-state index contributed by atoms with van der Waals surface area (Å²) in [7, 11) is -3.41. The van der Waals surface area contributed by atoms with Gasteiger partial charge in [0.05, 0.1) is 22.1 Å². The summed E-state index contributed by atoms with van der Waals surface area (Å²) in [5.74, 6) is -0.369. The van der Waals surface area contributed by atoms with Crippen LogP contribution < -0.4 is 0 Å². The molecule has 3 nitrogen and oxygen atoms in total. The van der Waals surface area contributed by atoms with Crippen molar-refractivity contribution in [2.75, 3.05) is 0 Å². The van der Waals surface area contributed by atoms with Gasteiger partial charge in [0.1, 0.15) is 0 Å². The highest BCUT2D eigenvalue weighted by atomic mass is 32.2. The van der Waals surface area contributed by atoms with Crippen molar-refractivity contribution < 1.29 is 8.42 Å². The third kappa shape index (κ3) is 2.08. The first-order chi connectivity index (χ1) is 9.63. The number of hydrogen-bond acceptors (Lipinski definition) is 3. The topological polar surface area (TPSA) is 57.9 Å². The lowest BCUT2D eigenvalue weighted by atomic mass is 10.1. The van der Waals surface area contributed by atoms with Gasteiger partial charge in [-0.2, -0.15) is 5.26 Å². The maximum absolute atomic E-state index is 12.7. The summed E-state index contributed by atoms with van der Waals surface area (Å²) in [6.07, 6.45) is 2.09. The highest BCUT2D eigenvalue weighted by Crippen LogP contribution is 2.35. The van der Waals surface area contributed by atoms with Crippen LogP contribution in [0.25, 0.3) is 10.8 Å². The Labute approximate surface area is 118 Å². The molecule has 0 saturated heterocycles. The van der Waals surface area contributed by atoms with Crippen LogP contribution >= 0.6 is 0 Å². The van der Waals surface area contributed by atoms with Crippen LogP contribution in [0, 0.1) is 17.2 Å². The largest absolute Gasteiger partial charge is 0.223 e. The molecule has 0 aromatic heterocycles. The quantitative estimate of drug-likeness (QED) is 0.850. The normalized spacial score (nSPS) is 22.8. The van der Waals surface area contributed by atoms with E-state index in [9.17, 15) is 8.42 Å². The minimum Gasteiger partial charge on any atom is -0.223 e. The van der Waals surface area contributed by atoms with Gasteiger partial charge in [-0.15, -0.1) is 0 Å². The van der Waals surface area contributed by atoms with Gasteiger partial charge in [0.2, 0.25) is 0 Å². The zero-order valence-electron chi connectivity index (χ0n) is 11.0. The molecule has 2 aromatic carbocycles. The average molecular weight is 285 g/mol. The molecule has 1 fully saturated rings. The predicted molar refractivity (Wildman–Crippen MR) is 77.9 cm³/mol. The second kappa shape index (κ2) is 4.92. The molecule has 0 spiro atoms. The van der Waals surface area contributed by atoms with Crippen LogP contribution in [0.2, 0.25) is 0 Å². The van der Waals surface area contributed by atoms with E-state index < -0.39 is 15.1 Å². The van der Waals surface area contributed by atoms with Gasteiger partial charge in [-0.05, 0) is 35.7 Å². The van der Waals surface area contributed by atoms with E-state index in [1.54, 1.807) is 12.1 Å². The number of nitrogens with zero attached hydrogens (tertiary/aromatic N) is 1. The molecule has 20 heavy (non-hydrogen) atoms. The summed E-state index contributed by atoms with van der Waals surface area (Å²) in [6.45, 7) is 0. The molecule has 1 aliphatic carbocycles. The standard InChI is InChI=1S/C16H15NO2S/c17-11-14-6-3-7-16(14)20(18,19)15-9-8-12-4-1-2-5-13(12)10-15/h1-2,4-5,8-10,14,16H,3,6-7H2. The van der Waals surface area contributed by atoms with E-state index in [4.69, 9.17) is 5.26 Å². The molecule has 0 N–H and O–H groups in total. The highest BCUT2D eigenvalue weighted by Gasteiger charge is 2.38. The first-order valence-electron chi connectivity index (χ1n) is 6.75. The lowest BCUT2D eigenvalue weighted by molar-refractivity contribution is 0.565. The van der Waals surface area contributed by atoms with E-state index >= 15 is 0 Å². The third-order valence-electron chi connectivity index (χ3n) is 4.07. The van der Waals surface area contributed by atoms with Crippen molar-refractivity contribution in [3.63, 3.8) is 0 Å². The van der Waals surface area contributed by atoms with Crippen molar-refractivity contribution in [3.05, 3.63) is 42.5 Å². The predicted octanol–water partition coefficient (Wildman–Crippen LogP) is 3.31. The van der Waals surface area contributed by atoms with Crippen LogP contribution in [-0.2, 0) is 9.84 Å². The molecular weight excluding hydrogens is 270 g/mol. The molecule has 1 saturated carbocycles. The summed E-state index contributed by atoms with van der Waals surface area (Å²) in [4.78, 5) is 0.336. The fourth-order valence-corrected chi connectivity index (χ4v) is 4.97. The highest BCUT2D eigenvalue weighted by molar-refractivity contribution is 7.92. The number of nitriles is 1. The minimum atomic E-state index is -3.41. The van der Waals surface area contributed by atoms with Gasteiger partial charge in [0.25, 0.3) is 0 Å². The zero-order chi connectivity index (χ0) is 14.2. The van der Waals surface area contributed by atoms with Crippen LogP contribution in [0.1, 0.15) is 19.3 Å². The molecule has 0 radical (unpaired) electrons. The fourth-order valence-electron chi connectivity index (χ4n) is 2.96. The lowest BCUT2D eigenvalue weighted by Crippen LogP contribution is -2.24. The van der Waals surface area contributed by atoms with E-state index in [2.05, 4.69) is 6.07 Å². The van der Waals surface area contributed by atoms with Gasteiger partial charge in [-0.25, -0.2) is 8.42 Å². The van der Waals surface area contributed by atoms with E-state index in [0.29, 0.717) is 17.7 Å². The van der Waals surface area contributed by atoms with Crippen LogP contribution in [0.5, 0.6) is 0 Å². The van der Waals surface area contributed by atoms with Gasteiger partial charge in [0.15, 0.2) is 9.84 Å². The summed E-state index contributed by atoms with van der Waals surface area (Å²) in [6, 6.07) is 15.0. The molecule has 1 aliphatic rings. The maximum atomic E-state index is 12.7. The molecule has 102 valence electrons. The molecule has 0 bridgehead atoms.